The van der Waals surface area contributed by atoms with Crippen LogP contribution in [0, 0.1) is 17.0 Å². The normalized spacial score (nSPS) is 11.5. The minimum Gasteiger partial charge on any atom is -0.455 e. The predicted octanol–water partition coefficient (Wildman–Crippen LogP) is 5.82. The summed E-state index contributed by atoms with van der Waals surface area (Å²) in [5.41, 5.74) is 3.82. The van der Waals surface area contributed by atoms with Crippen molar-refractivity contribution in [2.45, 2.75) is 11.8 Å². The summed E-state index contributed by atoms with van der Waals surface area (Å²) in [6.07, 6.45) is 1.24. The SMILES string of the molecule is Cc1ccc(S(=O)(=O)N(CC(=O)N/N=C\c2ccc(-c3ccc([N+](=O)[O-])cc3)o2)c2cc(Cl)cc(Cl)c2)cc1. The number of nitro benzene ring substituents is 1. The Morgan fingerprint density at radius 1 is 1.03 bits per heavy atom. The lowest BCUT2D eigenvalue weighted by Gasteiger charge is -2.24. The summed E-state index contributed by atoms with van der Waals surface area (Å²) >= 11 is 12.2. The maximum absolute atomic E-state index is 13.5. The van der Waals surface area contributed by atoms with Crippen LogP contribution in [0.1, 0.15) is 11.3 Å². The molecule has 200 valence electrons. The van der Waals surface area contributed by atoms with Crippen molar-refractivity contribution < 1.29 is 22.6 Å². The van der Waals surface area contributed by atoms with E-state index in [1.807, 2.05) is 6.92 Å². The maximum atomic E-state index is 13.5. The van der Waals surface area contributed by atoms with Gasteiger partial charge in [-0.15, -0.1) is 0 Å². The molecule has 3 aromatic carbocycles. The molecule has 0 saturated heterocycles. The standard InChI is InChI=1S/C26H20Cl2N4O6S/c1-17-2-9-24(10-3-17)39(36,37)31(22-13-19(27)12-20(28)14-22)16-26(33)30-29-15-23-8-11-25(38-23)18-4-6-21(7-5-18)32(34)35/h2-15H,16H2,1H3,(H,30,33)/b29-15-. The lowest BCUT2D eigenvalue weighted by atomic mass is 10.1. The smallest absolute Gasteiger partial charge is 0.269 e. The third kappa shape index (κ3) is 6.82. The number of carbonyl (C=O) groups is 1. The Morgan fingerprint density at radius 3 is 2.28 bits per heavy atom. The molecule has 1 aromatic heterocycles. The summed E-state index contributed by atoms with van der Waals surface area (Å²) in [7, 11) is -4.17. The Labute approximate surface area is 233 Å². The fourth-order valence-electron chi connectivity index (χ4n) is 3.49. The van der Waals surface area contributed by atoms with E-state index in [9.17, 15) is 23.3 Å². The van der Waals surface area contributed by atoms with Crippen molar-refractivity contribution in [2.24, 2.45) is 5.10 Å². The second-order valence-electron chi connectivity index (χ2n) is 8.25. The molecule has 10 nitrogen and oxygen atoms in total. The van der Waals surface area contributed by atoms with Gasteiger partial charge in [-0.05, 0) is 61.5 Å². The van der Waals surface area contributed by atoms with Crippen LogP contribution < -0.4 is 9.73 Å². The number of rotatable bonds is 9. The van der Waals surface area contributed by atoms with Crippen LogP contribution in [0.15, 0.2) is 93.3 Å². The van der Waals surface area contributed by atoms with Crippen LogP contribution in [0.25, 0.3) is 11.3 Å². The molecular formula is C26H20Cl2N4O6S. The molecule has 1 amide bonds. The van der Waals surface area contributed by atoms with Crippen LogP contribution in [0.2, 0.25) is 10.0 Å². The number of amides is 1. The van der Waals surface area contributed by atoms with Crippen LogP contribution in [-0.2, 0) is 14.8 Å². The molecule has 4 rings (SSSR count). The summed E-state index contributed by atoms with van der Waals surface area (Å²) < 4.78 is 33.5. The van der Waals surface area contributed by atoms with Gasteiger partial charge in [-0.25, -0.2) is 13.8 Å². The quantitative estimate of drug-likeness (QED) is 0.149. The minimum absolute atomic E-state index is 0.0186. The van der Waals surface area contributed by atoms with E-state index >= 15 is 0 Å². The fraction of sp³-hybridized carbons (Fsp3) is 0.0769. The van der Waals surface area contributed by atoms with Crippen molar-refractivity contribution >= 4 is 56.7 Å². The molecule has 0 radical (unpaired) electrons. The number of furan rings is 1. The first-order valence-corrected chi connectivity index (χ1v) is 13.4. The van der Waals surface area contributed by atoms with Crippen molar-refractivity contribution in [3.63, 3.8) is 0 Å². The molecule has 0 atom stereocenters. The van der Waals surface area contributed by atoms with Crippen LogP contribution in [0.3, 0.4) is 0 Å². The predicted molar refractivity (Wildman–Crippen MR) is 149 cm³/mol. The number of non-ortho nitro benzene ring substituents is 1. The number of aryl methyl sites for hydroxylation is 1. The van der Waals surface area contributed by atoms with Crippen molar-refractivity contribution in [2.75, 3.05) is 10.8 Å². The number of benzene rings is 3. The molecule has 0 fully saturated rings. The van der Waals surface area contributed by atoms with Crippen molar-refractivity contribution in [1.82, 2.24) is 5.43 Å². The largest absolute Gasteiger partial charge is 0.455 e. The summed E-state index contributed by atoms with van der Waals surface area (Å²) in [5.74, 6) is -0.0135. The number of hydrogen-bond acceptors (Lipinski definition) is 7. The zero-order valence-corrected chi connectivity index (χ0v) is 22.6. The first-order chi connectivity index (χ1) is 18.5. The van der Waals surface area contributed by atoms with Crippen LogP contribution >= 0.6 is 23.2 Å². The van der Waals surface area contributed by atoms with E-state index in [-0.39, 0.29) is 32.1 Å². The zero-order valence-electron chi connectivity index (χ0n) is 20.2. The van der Waals surface area contributed by atoms with E-state index in [1.54, 1.807) is 36.4 Å². The van der Waals surface area contributed by atoms with Gasteiger partial charge >= 0.3 is 0 Å². The zero-order chi connectivity index (χ0) is 28.2. The summed E-state index contributed by atoms with van der Waals surface area (Å²) in [6, 6.07) is 19.4. The topological polar surface area (TPSA) is 135 Å². The molecule has 0 bridgehead atoms. The average Bonchev–Trinajstić information content (AvgIpc) is 3.36. The first kappa shape index (κ1) is 27.8. The molecule has 0 aliphatic rings. The van der Waals surface area contributed by atoms with Gasteiger partial charge in [0.05, 0.1) is 21.7 Å². The molecule has 39 heavy (non-hydrogen) atoms. The molecule has 0 aliphatic carbocycles. The Balaban J connectivity index is 1.50. The highest BCUT2D eigenvalue weighted by Gasteiger charge is 2.27. The molecule has 0 saturated carbocycles. The second-order valence-corrected chi connectivity index (χ2v) is 11.0. The van der Waals surface area contributed by atoms with Crippen molar-refractivity contribution in [3.8, 4) is 11.3 Å². The van der Waals surface area contributed by atoms with Gasteiger partial charge in [-0.2, -0.15) is 5.10 Å². The minimum atomic E-state index is -4.17. The van der Waals surface area contributed by atoms with Crippen molar-refractivity contribution in [1.29, 1.82) is 0 Å². The van der Waals surface area contributed by atoms with Gasteiger partial charge in [0.1, 0.15) is 18.1 Å². The lowest BCUT2D eigenvalue weighted by molar-refractivity contribution is -0.384. The van der Waals surface area contributed by atoms with Gasteiger partial charge in [0, 0.05) is 27.7 Å². The van der Waals surface area contributed by atoms with Gasteiger partial charge in [0.25, 0.3) is 21.6 Å². The maximum Gasteiger partial charge on any atom is 0.269 e. The molecule has 4 aromatic rings. The van der Waals surface area contributed by atoms with Gasteiger partial charge in [0.15, 0.2) is 0 Å². The highest BCUT2D eigenvalue weighted by atomic mass is 35.5. The number of nitrogens with zero attached hydrogens (tertiary/aromatic N) is 3. The third-order valence-corrected chi connectivity index (χ3v) is 7.63. The van der Waals surface area contributed by atoms with E-state index in [0.717, 1.165) is 9.87 Å². The Kier molecular flexibility index (Phi) is 8.34. The summed E-state index contributed by atoms with van der Waals surface area (Å²) in [5, 5.41) is 15.1. The number of carbonyl (C=O) groups excluding carboxylic acids is 1. The summed E-state index contributed by atoms with van der Waals surface area (Å²) in [6.45, 7) is 1.21. The third-order valence-electron chi connectivity index (χ3n) is 5.40. The fourth-order valence-corrected chi connectivity index (χ4v) is 5.41. The number of nitrogens with one attached hydrogen (secondary N) is 1. The van der Waals surface area contributed by atoms with E-state index < -0.39 is 27.4 Å². The van der Waals surface area contributed by atoms with Crippen LogP contribution in [-0.4, -0.2) is 32.0 Å². The first-order valence-electron chi connectivity index (χ1n) is 11.2. The molecule has 1 N–H and O–H groups in total. The van der Waals surface area contributed by atoms with E-state index in [1.165, 1.54) is 48.7 Å². The van der Waals surface area contributed by atoms with Gasteiger partial charge < -0.3 is 4.42 Å². The van der Waals surface area contributed by atoms with Crippen LogP contribution in [0.5, 0.6) is 0 Å². The molecule has 0 spiro atoms. The molecule has 0 aliphatic heterocycles. The number of hydrogen-bond donors (Lipinski definition) is 1. The number of halogens is 2. The van der Waals surface area contributed by atoms with E-state index in [4.69, 9.17) is 27.6 Å². The number of hydrazone groups is 1. The number of anilines is 1. The number of sulfonamides is 1. The molecule has 13 heteroatoms. The monoisotopic (exact) mass is 586 g/mol. The van der Waals surface area contributed by atoms with E-state index in [2.05, 4.69) is 10.5 Å². The molecular weight excluding hydrogens is 567 g/mol. The second kappa shape index (κ2) is 11.7. The highest BCUT2D eigenvalue weighted by Crippen LogP contribution is 2.30. The van der Waals surface area contributed by atoms with Crippen LogP contribution in [0.4, 0.5) is 11.4 Å². The number of nitro groups is 1. The lowest BCUT2D eigenvalue weighted by Crippen LogP contribution is -2.39. The van der Waals surface area contributed by atoms with E-state index in [0.29, 0.717) is 11.3 Å². The van der Waals surface area contributed by atoms with Gasteiger partial charge in [-0.1, -0.05) is 40.9 Å². The summed E-state index contributed by atoms with van der Waals surface area (Å²) in [4.78, 5) is 23.1. The van der Waals surface area contributed by atoms with Gasteiger partial charge in [-0.3, -0.25) is 19.2 Å². The highest BCUT2D eigenvalue weighted by molar-refractivity contribution is 7.92. The molecule has 1 heterocycles. The molecule has 0 unspecified atom stereocenters. The van der Waals surface area contributed by atoms with Gasteiger partial charge in [0.2, 0.25) is 0 Å². The van der Waals surface area contributed by atoms with Crippen molar-refractivity contribution in [3.05, 3.63) is 110 Å². The Bertz CT molecular complexity index is 1630. The average molecular weight is 587 g/mol. The Hall–Kier alpha value is -4.19. The Morgan fingerprint density at radius 2 is 1.67 bits per heavy atom.